The first-order valence-corrected chi connectivity index (χ1v) is 6.09. The van der Waals surface area contributed by atoms with Gasteiger partial charge in [0.05, 0.1) is 24.6 Å². The van der Waals surface area contributed by atoms with Gasteiger partial charge in [-0.2, -0.15) is 0 Å². The molecule has 0 saturated carbocycles. The number of carboxylic acid groups (broad SMARTS) is 1. The normalized spacial score (nSPS) is 10.4. The summed E-state index contributed by atoms with van der Waals surface area (Å²) >= 11 is 0. The second-order valence-corrected chi connectivity index (χ2v) is 4.04. The van der Waals surface area contributed by atoms with Crippen molar-refractivity contribution in [1.82, 2.24) is 20.3 Å². The number of nitrogens with zero attached hydrogens (tertiary/aromatic N) is 3. The van der Waals surface area contributed by atoms with E-state index in [1.165, 1.54) is 17.1 Å². The van der Waals surface area contributed by atoms with E-state index in [4.69, 9.17) is 9.52 Å². The highest BCUT2D eigenvalue weighted by Crippen LogP contribution is 2.10. The van der Waals surface area contributed by atoms with Gasteiger partial charge >= 0.3 is 5.97 Å². The van der Waals surface area contributed by atoms with Crippen molar-refractivity contribution in [3.05, 3.63) is 35.5 Å². The van der Waals surface area contributed by atoms with Crippen molar-refractivity contribution < 1.29 is 19.1 Å². The van der Waals surface area contributed by atoms with Crippen LogP contribution in [0.2, 0.25) is 0 Å². The van der Waals surface area contributed by atoms with Crippen LogP contribution in [-0.4, -0.2) is 38.5 Å². The minimum absolute atomic E-state index is 0.126. The molecule has 0 atom stereocenters. The molecule has 0 unspecified atom stereocenters. The third-order valence-electron chi connectivity index (χ3n) is 2.70. The number of carbonyl (C=O) groups is 2. The fourth-order valence-electron chi connectivity index (χ4n) is 1.70. The molecule has 0 aliphatic rings. The first-order chi connectivity index (χ1) is 9.61. The van der Waals surface area contributed by atoms with E-state index in [2.05, 4.69) is 15.6 Å². The Morgan fingerprint density at radius 3 is 2.95 bits per heavy atom. The molecule has 0 aliphatic heterocycles. The Hall–Kier alpha value is -2.64. The number of furan rings is 1. The fourth-order valence-corrected chi connectivity index (χ4v) is 1.70. The second kappa shape index (κ2) is 6.00. The van der Waals surface area contributed by atoms with Crippen LogP contribution in [0.25, 0.3) is 0 Å². The molecule has 2 N–H and O–H groups in total. The number of nitrogens with one attached hydrogen (secondary N) is 1. The molecule has 8 heteroatoms. The SMILES string of the molecule is CCc1occc1C(=O)NCCn1cc(C(=O)O)nn1. The van der Waals surface area contributed by atoms with Crippen LogP contribution in [0, 0.1) is 0 Å². The largest absolute Gasteiger partial charge is 0.476 e. The van der Waals surface area contributed by atoms with Gasteiger partial charge in [-0.15, -0.1) is 5.10 Å². The average Bonchev–Trinajstić information content (AvgIpc) is 3.07. The van der Waals surface area contributed by atoms with Gasteiger partial charge in [-0.3, -0.25) is 4.79 Å². The molecule has 2 aromatic heterocycles. The minimum atomic E-state index is -1.13. The summed E-state index contributed by atoms with van der Waals surface area (Å²) in [6.07, 6.45) is 3.43. The highest BCUT2D eigenvalue weighted by atomic mass is 16.4. The van der Waals surface area contributed by atoms with Crippen LogP contribution in [0.1, 0.15) is 33.5 Å². The number of carboxylic acids is 1. The number of aromatic carboxylic acids is 1. The Kier molecular flexibility index (Phi) is 4.14. The Morgan fingerprint density at radius 2 is 2.30 bits per heavy atom. The summed E-state index contributed by atoms with van der Waals surface area (Å²) in [5.74, 6) is -0.725. The van der Waals surface area contributed by atoms with Gasteiger partial charge in [0.2, 0.25) is 0 Å². The fraction of sp³-hybridized carbons (Fsp3) is 0.333. The zero-order valence-corrected chi connectivity index (χ0v) is 10.9. The van der Waals surface area contributed by atoms with E-state index in [-0.39, 0.29) is 11.6 Å². The first-order valence-electron chi connectivity index (χ1n) is 6.09. The third-order valence-corrected chi connectivity index (χ3v) is 2.70. The first kappa shape index (κ1) is 13.8. The number of hydrogen-bond acceptors (Lipinski definition) is 5. The van der Waals surface area contributed by atoms with Crippen molar-refractivity contribution in [3.63, 3.8) is 0 Å². The maximum atomic E-state index is 11.9. The van der Waals surface area contributed by atoms with Crippen LogP contribution in [0.4, 0.5) is 0 Å². The molecular weight excluding hydrogens is 264 g/mol. The Labute approximate surface area is 114 Å². The molecule has 2 heterocycles. The van der Waals surface area contributed by atoms with Crippen molar-refractivity contribution in [2.24, 2.45) is 0 Å². The van der Waals surface area contributed by atoms with Crippen molar-refractivity contribution in [3.8, 4) is 0 Å². The van der Waals surface area contributed by atoms with E-state index in [9.17, 15) is 9.59 Å². The number of aryl methyl sites for hydroxylation is 1. The molecule has 20 heavy (non-hydrogen) atoms. The molecule has 0 aliphatic carbocycles. The van der Waals surface area contributed by atoms with Gasteiger partial charge in [-0.1, -0.05) is 12.1 Å². The summed E-state index contributed by atoms with van der Waals surface area (Å²) < 4.78 is 6.54. The number of carbonyl (C=O) groups excluding carboxylic acids is 1. The van der Waals surface area contributed by atoms with Crippen LogP contribution in [-0.2, 0) is 13.0 Å². The van der Waals surface area contributed by atoms with Gasteiger partial charge in [0, 0.05) is 13.0 Å². The monoisotopic (exact) mass is 278 g/mol. The van der Waals surface area contributed by atoms with E-state index in [0.29, 0.717) is 30.8 Å². The van der Waals surface area contributed by atoms with Gasteiger partial charge in [0.15, 0.2) is 5.69 Å². The molecule has 0 spiro atoms. The molecule has 0 bridgehead atoms. The summed E-state index contributed by atoms with van der Waals surface area (Å²) in [7, 11) is 0. The smallest absolute Gasteiger partial charge is 0.358 e. The zero-order valence-electron chi connectivity index (χ0n) is 10.9. The van der Waals surface area contributed by atoms with Crippen molar-refractivity contribution in [1.29, 1.82) is 0 Å². The van der Waals surface area contributed by atoms with Crippen LogP contribution < -0.4 is 5.32 Å². The van der Waals surface area contributed by atoms with Crippen molar-refractivity contribution in [2.75, 3.05) is 6.54 Å². The molecule has 0 fully saturated rings. The van der Waals surface area contributed by atoms with Gasteiger partial charge in [0.25, 0.3) is 5.91 Å². The molecule has 0 radical (unpaired) electrons. The number of rotatable bonds is 6. The maximum Gasteiger partial charge on any atom is 0.358 e. The molecule has 8 nitrogen and oxygen atoms in total. The van der Waals surface area contributed by atoms with E-state index in [1.54, 1.807) is 6.07 Å². The summed E-state index contributed by atoms with van der Waals surface area (Å²) in [4.78, 5) is 22.5. The van der Waals surface area contributed by atoms with E-state index >= 15 is 0 Å². The predicted molar refractivity (Wildman–Crippen MR) is 67.4 cm³/mol. The van der Waals surface area contributed by atoms with Crippen LogP contribution >= 0.6 is 0 Å². The highest BCUT2D eigenvalue weighted by molar-refractivity contribution is 5.95. The maximum absolute atomic E-state index is 11.9. The standard InChI is InChI=1S/C12H14N4O4/c1-2-10-8(3-6-20-10)11(17)13-4-5-16-7-9(12(18)19)14-15-16/h3,6-7H,2,4-5H2,1H3,(H,13,17)(H,18,19). The lowest BCUT2D eigenvalue weighted by Crippen LogP contribution is -2.27. The summed E-state index contributed by atoms with van der Waals surface area (Å²) in [5.41, 5.74) is 0.386. The lowest BCUT2D eigenvalue weighted by Gasteiger charge is -2.04. The summed E-state index contributed by atoms with van der Waals surface area (Å²) in [6.45, 7) is 2.55. The molecule has 0 aromatic carbocycles. The van der Waals surface area contributed by atoms with Gasteiger partial charge in [-0.25, -0.2) is 9.48 Å². The van der Waals surface area contributed by atoms with Crippen molar-refractivity contribution >= 4 is 11.9 Å². The van der Waals surface area contributed by atoms with E-state index in [0.717, 1.165) is 0 Å². The quantitative estimate of drug-likeness (QED) is 0.799. The molecule has 0 saturated heterocycles. The average molecular weight is 278 g/mol. The number of aromatic nitrogens is 3. The molecular formula is C12H14N4O4. The molecule has 2 aromatic rings. The van der Waals surface area contributed by atoms with Gasteiger partial charge in [0.1, 0.15) is 5.76 Å². The second-order valence-electron chi connectivity index (χ2n) is 4.04. The van der Waals surface area contributed by atoms with E-state index < -0.39 is 5.97 Å². The predicted octanol–water partition coefficient (Wildman–Crippen LogP) is 0.562. The zero-order chi connectivity index (χ0) is 14.5. The van der Waals surface area contributed by atoms with Crippen molar-refractivity contribution in [2.45, 2.75) is 19.9 Å². The Balaban J connectivity index is 1.86. The Morgan fingerprint density at radius 1 is 1.50 bits per heavy atom. The minimum Gasteiger partial charge on any atom is -0.476 e. The topological polar surface area (TPSA) is 110 Å². The number of hydrogen-bond donors (Lipinski definition) is 2. The Bertz CT molecular complexity index is 617. The molecule has 2 rings (SSSR count). The van der Waals surface area contributed by atoms with Gasteiger partial charge in [-0.05, 0) is 6.07 Å². The summed E-state index contributed by atoms with van der Waals surface area (Å²) in [5, 5.41) is 18.5. The van der Waals surface area contributed by atoms with Crippen LogP contribution in [0.3, 0.4) is 0 Å². The van der Waals surface area contributed by atoms with Crippen LogP contribution in [0.5, 0.6) is 0 Å². The molecule has 106 valence electrons. The van der Waals surface area contributed by atoms with E-state index in [1.807, 2.05) is 6.92 Å². The number of amides is 1. The lowest BCUT2D eigenvalue weighted by atomic mass is 10.2. The third kappa shape index (κ3) is 3.02. The lowest BCUT2D eigenvalue weighted by molar-refractivity contribution is 0.0690. The summed E-state index contributed by atoms with van der Waals surface area (Å²) in [6, 6.07) is 1.62. The van der Waals surface area contributed by atoms with Crippen LogP contribution in [0.15, 0.2) is 22.9 Å². The van der Waals surface area contributed by atoms with Gasteiger partial charge < -0.3 is 14.8 Å². The highest BCUT2D eigenvalue weighted by Gasteiger charge is 2.13. The molecule has 1 amide bonds.